The first-order chi connectivity index (χ1) is 15.3. The Morgan fingerprint density at radius 1 is 1.06 bits per heavy atom. The van der Waals surface area contributed by atoms with Crippen molar-refractivity contribution in [1.29, 1.82) is 0 Å². The van der Waals surface area contributed by atoms with Gasteiger partial charge in [-0.1, -0.05) is 54.6 Å². The van der Waals surface area contributed by atoms with Crippen LogP contribution in [0.3, 0.4) is 0 Å². The number of nitrogens with zero attached hydrogens (tertiary/aromatic N) is 1. The van der Waals surface area contributed by atoms with Crippen LogP contribution >= 0.6 is 0 Å². The number of ether oxygens (including phenoxy) is 1. The number of amides is 1. The zero-order valence-corrected chi connectivity index (χ0v) is 18.5. The van der Waals surface area contributed by atoms with E-state index in [0.29, 0.717) is 12.4 Å². The number of carbonyl (C=O) groups excluding carboxylic acids is 1. The van der Waals surface area contributed by atoms with Gasteiger partial charge in [-0.3, -0.25) is 9.69 Å². The number of benzene rings is 3. The molecule has 2 atom stereocenters. The first kappa shape index (κ1) is 22.0. The molecule has 7 nitrogen and oxygen atoms in total. The predicted octanol–water partition coefficient (Wildman–Crippen LogP) is 3.15. The highest BCUT2D eigenvalue weighted by Crippen LogP contribution is 2.39. The number of nitrogens with one attached hydrogen (secondary N) is 1. The van der Waals surface area contributed by atoms with Crippen LogP contribution in [0, 0.1) is 0 Å². The van der Waals surface area contributed by atoms with Crippen molar-refractivity contribution in [2.75, 3.05) is 18.1 Å². The van der Waals surface area contributed by atoms with Gasteiger partial charge in [0.2, 0.25) is 15.9 Å². The summed E-state index contributed by atoms with van der Waals surface area (Å²) in [4.78, 5) is 15.2. The third kappa shape index (κ3) is 4.67. The first-order valence-electron chi connectivity index (χ1n) is 10.3. The van der Waals surface area contributed by atoms with Crippen LogP contribution in [0.4, 0.5) is 5.69 Å². The lowest BCUT2D eigenvalue weighted by molar-refractivity contribution is -0.118. The average molecular weight is 452 g/mol. The lowest BCUT2D eigenvalue weighted by Crippen LogP contribution is -2.45. The Balaban J connectivity index is 1.52. The third-order valence-electron chi connectivity index (χ3n) is 5.55. The molecule has 1 aliphatic rings. The van der Waals surface area contributed by atoms with Gasteiger partial charge in [-0.2, -0.15) is 0 Å². The van der Waals surface area contributed by atoms with Gasteiger partial charge in [0.15, 0.2) is 0 Å². The van der Waals surface area contributed by atoms with E-state index in [2.05, 4.69) is 5.32 Å². The van der Waals surface area contributed by atoms with Crippen molar-refractivity contribution in [1.82, 2.24) is 5.32 Å². The van der Waals surface area contributed by atoms with Gasteiger partial charge < -0.3 is 10.1 Å². The van der Waals surface area contributed by atoms with Crippen molar-refractivity contribution in [3.05, 3.63) is 90.0 Å². The maximum Gasteiger partial charge on any atom is 0.241 e. The van der Waals surface area contributed by atoms with Gasteiger partial charge in [0, 0.05) is 6.04 Å². The van der Waals surface area contributed by atoms with E-state index < -0.39 is 10.0 Å². The zero-order chi connectivity index (χ0) is 22.7. The monoisotopic (exact) mass is 451 g/mol. The molecule has 3 N–H and O–H groups in total. The van der Waals surface area contributed by atoms with E-state index in [-0.39, 0.29) is 29.4 Å². The second-order valence-electron chi connectivity index (χ2n) is 7.69. The van der Waals surface area contributed by atoms with Crippen molar-refractivity contribution in [3.8, 4) is 5.75 Å². The Labute approximate surface area is 187 Å². The average Bonchev–Trinajstić information content (AvgIpc) is 2.81. The van der Waals surface area contributed by atoms with Crippen LogP contribution in [0.2, 0.25) is 0 Å². The lowest BCUT2D eigenvalue weighted by atomic mass is 10.0. The predicted molar refractivity (Wildman–Crippen MR) is 123 cm³/mol. The first-order valence-corrected chi connectivity index (χ1v) is 11.8. The number of anilines is 1. The molecule has 1 heterocycles. The van der Waals surface area contributed by atoms with Crippen LogP contribution in [0.25, 0.3) is 0 Å². The molecule has 0 saturated heterocycles. The molecule has 3 aromatic rings. The van der Waals surface area contributed by atoms with Crippen molar-refractivity contribution in [3.63, 3.8) is 0 Å². The summed E-state index contributed by atoms with van der Waals surface area (Å²) in [5.41, 5.74) is 2.60. The van der Waals surface area contributed by atoms with Crippen molar-refractivity contribution in [2.45, 2.75) is 23.9 Å². The molecular formula is C24H25N3O4S. The van der Waals surface area contributed by atoms with E-state index in [0.717, 1.165) is 16.8 Å². The van der Waals surface area contributed by atoms with Gasteiger partial charge in [-0.25, -0.2) is 13.6 Å². The Bertz CT molecular complexity index is 1200. The minimum atomic E-state index is -3.74. The Hall–Kier alpha value is -3.20. The van der Waals surface area contributed by atoms with Gasteiger partial charge >= 0.3 is 0 Å². The number of nitrogens with two attached hydrogens (primary N) is 1. The smallest absolute Gasteiger partial charge is 0.241 e. The number of sulfonamides is 1. The zero-order valence-electron chi connectivity index (χ0n) is 17.6. The van der Waals surface area contributed by atoms with E-state index in [4.69, 9.17) is 9.88 Å². The van der Waals surface area contributed by atoms with Gasteiger partial charge in [0.1, 0.15) is 12.4 Å². The maximum atomic E-state index is 13.4. The van der Waals surface area contributed by atoms with Crippen molar-refractivity contribution >= 4 is 21.6 Å². The lowest BCUT2D eigenvalue weighted by Gasteiger charge is -2.37. The summed E-state index contributed by atoms with van der Waals surface area (Å²) in [7, 11) is -3.74. The van der Waals surface area contributed by atoms with Crippen LogP contribution < -0.4 is 20.1 Å². The summed E-state index contributed by atoms with van der Waals surface area (Å²) >= 11 is 0. The molecule has 0 aromatic heterocycles. The molecule has 3 aromatic carbocycles. The molecular weight excluding hydrogens is 426 g/mol. The molecule has 166 valence electrons. The number of fused-ring (bicyclic) bond motifs is 1. The summed E-state index contributed by atoms with van der Waals surface area (Å²) in [6.07, 6.45) is 0. The number of carbonyl (C=O) groups is 1. The molecule has 0 aliphatic carbocycles. The fourth-order valence-electron chi connectivity index (χ4n) is 3.81. The molecule has 4 rings (SSSR count). The second-order valence-corrected chi connectivity index (χ2v) is 9.25. The largest absolute Gasteiger partial charge is 0.489 e. The third-order valence-corrected chi connectivity index (χ3v) is 6.48. The maximum absolute atomic E-state index is 13.4. The Morgan fingerprint density at radius 2 is 1.72 bits per heavy atom. The minimum absolute atomic E-state index is 0.0557. The number of para-hydroxylation sites is 2. The summed E-state index contributed by atoms with van der Waals surface area (Å²) in [5.74, 6) is 0.599. The Kier molecular flexibility index (Phi) is 6.27. The van der Waals surface area contributed by atoms with E-state index >= 15 is 0 Å². The van der Waals surface area contributed by atoms with Crippen LogP contribution in [-0.4, -0.2) is 27.5 Å². The summed E-state index contributed by atoms with van der Waals surface area (Å²) < 4.78 is 28.8. The minimum Gasteiger partial charge on any atom is -0.489 e. The summed E-state index contributed by atoms with van der Waals surface area (Å²) in [6.45, 7) is 2.40. The topological polar surface area (TPSA) is 102 Å². The fraction of sp³-hybridized carbons (Fsp3) is 0.208. The highest BCUT2D eigenvalue weighted by Gasteiger charge is 2.33. The molecule has 1 aliphatic heterocycles. The Morgan fingerprint density at radius 3 is 2.41 bits per heavy atom. The molecule has 0 saturated carbocycles. The van der Waals surface area contributed by atoms with Crippen LogP contribution in [0.1, 0.15) is 30.1 Å². The highest BCUT2D eigenvalue weighted by atomic mass is 32.2. The van der Waals surface area contributed by atoms with E-state index in [1.807, 2.05) is 61.5 Å². The molecule has 0 spiro atoms. The number of hydrogen-bond donors (Lipinski definition) is 2. The number of primary sulfonamides is 1. The molecule has 32 heavy (non-hydrogen) atoms. The number of hydrogen-bond acceptors (Lipinski definition) is 5. The van der Waals surface area contributed by atoms with Gasteiger partial charge in [-0.15, -0.1) is 0 Å². The normalized spacial score (nSPS) is 16.7. The standard InChI is InChI=1S/C24H25N3O4S/c1-17(18-11-13-20(14-12-18)32(25,29)30)26-15-24(28)27-21-9-5-6-10-23(21)31-16-22(27)19-7-3-2-4-8-19/h2-14,17,22,26H,15-16H2,1H3,(H2,25,29,30). The van der Waals surface area contributed by atoms with E-state index in [9.17, 15) is 13.2 Å². The molecule has 2 unspecified atom stereocenters. The SMILES string of the molecule is CC(NCC(=O)N1c2ccccc2OCC1c1ccccc1)c1ccc(S(N)(=O)=O)cc1. The molecule has 0 fully saturated rings. The molecule has 0 radical (unpaired) electrons. The molecule has 0 bridgehead atoms. The molecule has 1 amide bonds. The van der Waals surface area contributed by atoms with Crippen LogP contribution in [0.15, 0.2) is 83.8 Å². The fourth-order valence-corrected chi connectivity index (χ4v) is 4.32. The van der Waals surface area contributed by atoms with Crippen molar-refractivity contribution in [2.24, 2.45) is 5.14 Å². The highest BCUT2D eigenvalue weighted by molar-refractivity contribution is 7.89. The number of rotatable bonds is 6. The second kappa shape index (κ2) is 9.12. The van der Waals surface area contributed by atoms with Gasteiger partial charge in [-0.05, 0) is 42.3 Å². The summed E-state index contributed by atoms with van der Waals surface area (Å²) in [6, 6.07) is 23.3. The van der Waals surface area contributed by atoms with E-state index in [1.54, 1.807) is 17.0 Å². The van der Waals surface area contributed by atoms with Crippen LogP contribution in [-0.2, 0) is 14.8 Å². The van der Waals surface area contributed by atoms with Crippen molar-refractivity contribution < 1.29 is 17.9 Å². The van der Waals surface area contributed by atoms with E-state index in [1.165, 1.54) is 12.1 Å². The summed E-state index contributed by atoms with van der Waals surface area (Å²) in [5, 5.41) is 8.40. The van der Waals surface area contributed by atoms with Gasteiger partial charge in [0.05, 0.1) is 23.2 Å². The van der Waals surface area contributed by atoms with Gasteiger partial charge in [0.25, 0.3) is 0 Å². The molecule has 8 heteroatoms. The van der Waals surface area contributed by atoms with Crippen LogP contribution in [0.5, 0.6) is 5.75 Å². The quantitative estimate of drug-likeness (QED) is 0.600.